The van der Waals surface area contributed by atoms with E-state index >= 15 is 0 Å². The van der Waals surface area contributed by atoms with E-state index in [1.165, 1.54) is 5.69 Å². The maximum atomic E-state index is 4.53. The van der Waals surface area contributed by atoms with Crippen LogP contribution in [0.15, 0.2) is 30.5 Å². The zero-order valence-corrected chi connectivity index (χ0v) is 11.1. The molecule has 2 rings (SSSR count). The summed E-state index contributed by atoms with van der Waals surface area (Å²) >= 11 is 0. The Bertz CT molecular complexity index is 476. The molecule has 4 heteroatoms. The first-order chi connectivity index (χ1) is 8.83. The minimum absolute atomic E-state index is 0.789. The maximum absolute atomic E-state index is 4.53. The second kappa shape index (κ2) is 6.31. The Hall–Kier alpha value is -1.68. The van der Waals surface area contributed by atoms with Gasteiger partial charge in [0.15, 0.2) is 0 Å². The van der Waals surface area contributed by atoms with Gasteiger partial charge in [-0.15, -0.1) is 0 Å². The van der Waals surface area contributed by atoms with Gasteiger partial charge >= 0.3 is 0 Å². The van der Waals surface area contributed by atoms with E-state index in [1.807, 2.05) is 24.4 Å². The third kappa shape index (κ3) is 3.17. The minimum Gasteiger partial charge on any atom is -0.306 e. The lowest BCUT2D eigenvalue weighted by Crippen LogP contribution is -2.16. The molecule has 0 aliphatic rings. The van der Waals surface area contributed by atoms with Crippen LogP contribution in [0.4, 0.5) is 0 Å². The fourth-order valence-corrected chi connectivity index (χ4v) is 1.93. The van der Waals surface area contributed by atoms with Gasteiger partial charge in [-0.05, 0) is 31.5 Å². The van der Waals surface area contributed by atoms with Crippen molar-refractivity contribution in [3.63, 3.8) is 0 Å². The van der Waals surface area contributed by atoms with Crippen molar-refractivity contribution in [2.24, 2.45) is 0 Å². The van der Waals surface area contributed by atoms with Gasteiger partial charge in [-0.25, -0.2) is 0 Å². The summed E-state index contributed by atoms with van der Waals surface area (Å²) in [6, 6.07) is 8.15. The number of pyridine rings is 1. The van der Waals surface area contributed by atoms with Crippen molar-refractivity contribution in [2.75, 3.05) is 0 Å². The van der Waals surface area contributed by atoms with E-state index in [0.717, 1.165) is 37.4 Å². The van der Waals surface area contributed by atoms with Crippen LogP contribution in [0.25, 0.3) is 0 Å². The molecule has 0 aliphatic heterocycles. The predicted octanol–water partition coefficient (Wildman–Crippen LogP) is 2.15. The lowest BCUT2D eigenvalue weighted by molar-refractivity contribution is 0.575. The molecule has 2 heterocycles. The average Bonchev–Trinajstić information content (AvgIpc) is 2.82. The van der Waals surface area contributed by atoms with Crippen molar-refractivity contribution < 1.29 is 0 Å². The smallest absolute Gasteiger partial charge is 0.0625 e. The number of nitrogens with one attached hydrogen (secondary N) is 1. The second-order valence-electron chi connectivity index (χ2n) is 4.22. The molecule has 4 nitrogen and oxygen atoms in total. The standard InChI is InChI=1S/C14H20N4/c1-3-12-9-14(18(4-2)17-12)11-15-10-13-7-5-6-8-16-13/h5-9,15H,3-4,10-11H2,1-2H3. The van der Waals surface area contributed by atoms with Crippen LogP contribution in [-0.4, -0.2) is 14.8 Å². The molecule has 2 aromatic rings. The number of hydrogen-bond donors (Lipinski definition) is 1. The van der Waals surface area contributed by atoms with Crippen LogP contribution in [0.1, 0.15) is 30.9 Å². The first kappa shape index (κ1) is 12.8. The fourth-order valence-electron chi connectivity index (χ4n) is 1.93. The molecule has 0 saturated heterocycles. The van der Waals surface area contributed by atoms with Crippen LogP contribution in [0, 0.1) is 0 Å². The SMILES string of the molecule is CCc1cc(CNCc2ccccn2)n(CC)n1. The lowest BCUT2D eigenvalue weighted by atomic mass is 10.3. The Morgan fingerprint density at radius 2 is 2.06 bits per heavy atom. The highest BCUT2D eigenvalue weighted by Crippen LogP contribution is 2.05. The van der Waals surface area contributed by atoms with E-state index in [2.05, 4.69) is 40.0 Å². The Morgan fingerprint density at radius 1 is 1.17 bits per heavy atom. The van der Waals surface area contributed by atoms with Gasteiger partial charge in [-0.2, -0.15) is 5.10 Å². The van der Waals surface area contributed by atoms with Gasteiger partial charge in [0.2, 0.25) is 0 Å². The van der Waals surface area contributed by atoms with Gasteiger partial charge in [-0.1, -0.05) is 13.0 Å². The van der Waals surface area contributed by atoms with Gasteiger partial charge in [0.25, 0.3) is 0 Å². The molecular weight excluding hydrogens is 224 g/mol. The Labute approximate surface area is 108 Å². The molecule has 0 radical (unpaired) electrons. The van der Waals surface area contributed by atoms with E-state index in [9.17, 15) is 0 Å². The number of aryl methyl sites for hydroxylation is 2. The van der Waals surface area contributed by atoms with Crippen molar-refractivity contribution in [1.82, 2.24) is 20.1 Å². The normalized spacial score (nSPS) is 10.8. The lowest BCUT2D eigenvalue weighted by Gasteiger charge is -2.06. The quantitative estimate of drug-likeness (QED) is 0.846. The third-order valence-corrected chi connectivity index (χ3v) is 2.91. The molecule has 0 fully saturated rings. The largest absolute Gasteiger partial charge is 0.306 e. The highest BCUT2D eigenvalue weighted by molar-refractivity contribution is 5.11. The summed E-state index contributed by atoms with van der Waals surface area (Å²) < 4.78 is 2.06. The van der Waals surface area contributed by atoms with Crippen LogP contribution in [0.5, 0.6) is 0 Å². The molecule has 0 atom stereocenters. The van der Waals surface area contributed by atoms with Crippen molar-refractivity contribution >= 4 is 0 Å². The first-order valence-corrected chi connectivity index (χ1v) is 6.49. The molecule has 0 aromatic carbocycles. The molecule has 0 aliphatic carbocycles. The molecule has 96 valence electrons. The molecule has 18 heavy (non-hydrogen) atoms. The zero-order chi connectivity index (χ0) is 12.8. The van der Waals surface area contributed by atoms with E-state index in [4.69, 9.17) is 0 Å². The molecule has 0 spiro atoms. The fraction of sp³-hybridized carbons (Fsp3) is 0.429. The number of nitrogens with zero attached hydrogens (tertiary/aromatic N) is 3. The summed E-state index contributed by atoms with van der Waals surface area (Å²) in [6.07, 6.45) is 2.81. The molecule has 0 unspecified atom stereocenters. The summed E-state index contributed by atoms with van der Waals surface area (Å²) in [5, 5.41) is 7.94. The van der Waals surface area contributed by atoms with Crippen LogP contribution in [-0.2, 0) is 26.1 Å². The van der Waals surface area contributed by atoms with Crippen LogP contribution < -0.4 is 5.32 Å². The van der Waals surface area contributed by atoms with Gasteiger partial charge in [0, 0.05) is 25.8 Å². The summed E-state index contributed by atoms with van der Waals surface area (Å²) in [5.41, 5.74) is 3.47. The number of hydrogen-bond acceptors (Lipinski definition) is 3. The summed E-state index contributed by atoms with van der Waals surface area (Å²) in [5.74, 6) is 0. The molecule has 2 aromatic heterocycles. The Morgan fingerprint density at radius 3 is 2.72 bits per heavy atom. The average molecular weight is 244 g/mol. The minimum atomic E-state index is 0.789. The van der Waals surface area contributed by atoms with E-state index in [0.29, 0.717) is 0 Å². The number of rotatable bonds is 6. The molecular formula is C14H20N4. The topological polar surface area (TPSA) is 42.7 Å². The monoisotopic (exact) mass is 244 g/mol. The highest BCUT2D eigenvalue weighted by atomic mass is 15.3. The van der Waals surface area contributed by atoms with Crippen LogP contribution >= 0.6 is 0 Å². The van der Waals surface area contributed by atoms with Crippen molar-refractivity contribution in [1.29, 1.82) is 0 Å². The second-order valence-corrected chi connectivity index (χ2v) is 4.22. The van der Waals surface area contributed by atoms with Crippen molar-refractivity contribution in [3.05, 3.63) is 47.5 Å². The third-order valence-electron chi connectivity index (χ3n) is 2.91. The van der Waals surface area contributed by atoms with Crippen molar-refractivity contribution in [3.8, 4) is 0 Å². The van der Waals surface area contributed by atoms with Crippen LogP contribution in [0.3, 0.4) is 0 Å². The van der Waals surface area contributed by atoms with E-state index < -0.39 is 0 Å². The molecule has 1 N–H and O–H groups in total. The predicted molar refractivity (Wildman–Crippen MR) is 72.1 cm³/mol. The van der Waals surface area contributed by atoms with Crippen LogP contribution in [0.2, 0.25) is 0 Å². The van der Waals surface area contributed by atoms with Gasteiger partial charge in [0.1, 0.15) is 0 Å². The van der Waals surface area contributed by atoms with E-state index in [1.54, 1.807) is 0 Å². The molecule has 0 bridgehead atoms. The molecule has 0 amide bonds. The first-order valence-electron chi connectivity index (χ1n) is 6.49. The number of aromatic nitrogens is 3. The van der Waals surface area contributed by atoms with Gasteiger partial charge in [-0.3, -0.25) is 9.67 Å². The Balaban J connectivity index is 1.92. The van der Waals surface area contributed by atoms with Gasteiger partial charge in [0.05, 0.1) is 17.1 Å². The van der Waals surface area contributed by atoms with Crippen molar-refractivity contribution in [2.45, 2.75) is 39.9 Å². The Kier molecular flexibility index (Phi) is 4.47. The summed E-state index contributed by atoms with van der Waals surface area (Å²) in [7, 11) is 0. The summed E-state index contributed by atoms with van der Waals surface area (Å²) in [6.45, 7) is 6.79. The van der Waals surface area contributed by atoms with Gasteiger partial charge < -0.3 is 5.32 Å². The highest BCUT2D eigenvalue weighted by Gasteiger charge is 2.04. The van der Waals surface area contributed by atoms with E-state index in [-0.39, 0.29) is 0 Å². The zero-order valence-electron chi connectivity index (χ0n) is 11.1. The summed E-state index contributed by atoms with van der Waals surface area (Å²) in [4.78, 5) is 4.29. The maximum Gasteiger partial charge on any atom is 0.0625 e. The molecule has 0 saturated carbocycles.